The Morgan fingerprint density at radius 3 is 2.61 bits per heavy atom. The maximum Gasteiger partial charge on any atom is 0.238 e. The topological polar surface area (TPSA) is 87.7 Å². The van der Waals surface area contributed by atoms with Crippen LogP contribution < -0.4 is 11.1 Å². The van der Waals surface area contributed by atoms with Crippen LogP contribution in [0.25, 0.3) is 0 Å². The minimum Gasteiger partial charge on any atom is -0.404 e. The summed E-state index contributed by atoms with van der Waals surface area (Å²) in [6.45, 7) is 9.28. The van der Waals surface area contributed by atoms with Crippen LogP contribution in [0.1, 0.15) is 20.8 Å². The number of nitrogens with one attached hydrogen (secondary N) is 1. The highest BCUT2D eigenvalue weighted by Gasteiger charge is 2.21. The fourth-order valence-corrected chi connectivity index (χ4v) is 1.65. The molecule has 3 atom stereocenters. The molecule has 3 unspecified atom stereocenters. The van der Waals surface area contributed by atoms with E-state index in [9.17, 15) is 9.90 Å². The van der Waals surface area contributed by atoms with Crippen molar-refractivity contribution in [1.82, 2.24) is 5.32 Å². The molecular weight excluding hydrogens is 314 g/mol. The molecule has 0 aliphatic heterocycles. The Morgan fingerprint density at radius 2 is 2.13 bits per heavy atom. The molecule has 128 valence electrons. The van der Waals surface area contributed by atoms with E-state index in [1.807, 2.05) is 25.2 Å². The SMILES string of the molecule is C=C/C(=C\C=C/C)CN=C/C(=C\N)C(O)C(C)NC(=O)C(C)Cl. The van der Waals surface area contributed by atoms with Crippen LogP contribution in [0.3, 0.4) is 0 Å². The van der Waals surface area contributed by atoms with Crippen molar-refractivity contribution in [2.75, 3.05) is 6.54 Å². The first-order valence-electron chi connectivity index (χ1n) is 7.35. The van der Waals surface area contributed by atoms with Crippen LogP contribution in [0.5, 0.6) is 0 Å². The van der Waals surface area contributed by atoms with E-state index in [-0.39, 0.29) is 5.91 Å². The van der Waals surface area contributed by atoms with Crippen LogP contribution in [0.2, 0.25) is 0 Å². The van der Waals surface area contributed by atoms with Crippen LogP contribution in [-0.2, 0) is 4.79 Å². The Balaban J connectivity index is 4.79. The maximum absolute atomic E-state index is 11.5. The third kappa shape index (κ3) is 8.38. The molecule has 0 aliphatic carbocycles. The summed E-state index contributed by atoms with van der Waals surface area (Å²) in [5, 5.41) is 12.2. The van der Waals surface area contributed by atoms with Crippen LogP contribution in [0.15, 0.2) is 53.2 Å². The summed E-state index contributed by atoms with van der Waals surface area (Å²) >= 11 is 5.69. The highest BCUT2D eigenvalue weighted by Crippen LogP contribution is 2.06. The number of aliphatic hydroxyl groups excluding tert-OH is 1. The van der Waals surface area contributed by atoms with Crippen molar-refractivity contribution in [3.8, 4) is 0 Å². The lowest BCUT2D eigenvalue weighted by Gasteiger charge is -2.21. The van der Waals surface area contributed by atoms with Gasteiger partial charge in [-0.15, -0.1) is 11.6 Å². The van der Waals surface area contributed by atoms with Crippen LogP contribution in [-0.4, -0.2) is 41.3 Å². The number of nitrogens with two attached hydrogens (primary N) is 1. The van der Waals surface area contributed by atoms with Gasteiger partial charge in [0, 0.05) is 18.0 Å². The molecule has 0 rings (SSSR count). The molecule has 0 aromatic heterocycles. The lowest BCUT2D eigenvalue weighted by Crippen LogP contribution is -2.44. The predicted octanol–water partition coefficient (Wildman–Crippen LogP) is 2.08. The molecule has 4 N–H and O–H groups in total. The van der Waals surface area contributed by atoms with Gasteiger partial charge in [-0.1, -0.05) is 30.9 Å². The summed E-state index contributed by atoms with van der Waals surface area (Å²) in [4.78, 5) is 15.8. The first-order chi connectivity index (χ1) is 10.9. The molecule has 0 aliphatic rings. The third-order valence-electron chi connectivity index (χ3n) is 3.02. The molecule has 1 amide bonds. The smallest absolute Gasteiger partial charge is 0.238 e. The van der Waals surface area contributed by atoms with Crippen molar-refractivity contribution < 1.29 is 9.90 Å². The molecular formula is C17H26ClN3O2. The second kappa shape index (κ2) is 11.7. The number of carbonyl (C=O) groups is 1. The van der Waals surface area contributed by atoms with Gasteiger partial charge >= 0.3 is 0 Å². The Morgan fingerprint density at radius 1 is 1.48 bits per heavy atom. The zero-order chi connectivity index (χ0) is 17.8. The fourth-order valence-electron chi connectivity index (χ4n) is 1.59. The van der Waals surface area contributed by atoms with Gasteiger partial charge in [-0.2, -0.15) is 0 Å². The van der Waals surface area contributed by atoms with Crippen LogP contribution in [0.4, 0.5) is 0 Å². The molecule has 6 heteroatoms. The molecule has 0 aromatic carbocycles. The third-order valence-corrected chi connectivity index (χ3v) is 3.22. The monoisotopic (exact) mass is 339 g/mol. The molecule has 0 aromatic rings. The van der Waals surface area contributed by atoms with E-state index in [0.29, 0.717) is 12.1 Å². The van der Waals surface area contributed by atoms with Gasteiger partial charge < -0.3 is 16.2 Å². The molecule has 0 bridgehead atoms. The van der Waals surface area contributed by atoms with Crippen molar-refractivity contribution >= 4 is 23.7 Å². The zero-order valence-corrected chi connectivity index (χ0v) is 14.6. The van der Waals surface area contributed by atoms with Crippen molar-refractivity contribution in [2.45, 2.75) is 38.3 Å². The summed E-state index contributed by atoms with van der Waals surface area (Å²) in [7, 11) is 0. The summed E-state index contributed by atoms with van der Waals surface area (Å²) in [5.41, 5.74) is 6.88. The highest BCUT2D eigenvalue weighted by atomic mass is 35.5. The minimum absolute atomic E-state index is 0.352. The number of aliphatic hydroxyl groups is 1. The molecule has 0 saturated carbocycles. The van der Waals surface area contributed by atoms with Gasteiger partial charge in [0.25, 0.3) is 0 Å². The molecule has 0 saturated heterocycles. The van der Waals surface area contributed by atoms with Gasteiger partial charge in [-0.25, -0.2) is 0 Å². The average molecular weight is 340 g/mol. The quantitative estimate of drug-likeness (QED) is 0.341. The number of amides is 1. The van der Waals surface area contributed by atoms with Crippen LogP contribution in [0, 0.1) is 0 Å². The van der Waals surface area contributed by atoms with Crippen molar-refractivity contribution in [3.63, 3.8) is 0 Å². The Labute approximate surface area is 143 Å². The number of hydrogen-bond acceptors (Lipinski definition) is 4. The molecule has 0 radical (unpaired) electrons. The van der Waals surface area contributed by atoms with E-state index in [1.54, 1.807) is 19.9 Å². The van der Waals surface area contributed by atoms with Crippen LogP contribution >= 0.6 is 11.6 Å². The fraction of sp³-hybridized carbons (Fsp3) is 0.412. The van der Waals surface area contributed by atoms with E-state index < -0.39 is 17.5 Å². The van der Waals surface area contributed by atoms with E-state index in [4.69, 9.17) is 17.3 Å². The Kier molecular flexibility index (Phi) is 10.7. The number of hydrogen-bond donors (Lipinski definition) is 3. The first kappa shape index (κ1) is 21.1. The lowest BCUT2D eigenvalue weighted by molar-refractivity contribution is -0.121. The van der Waals surface area contributed by atoms with Crippen molar-refractivity contribution in [1.29, 1.82) is 0 Å². The second-order valence-corrected chi connectivity index (χ2v) is 5.62. The standard InChI is InChI=1S/C17H26ClN3O2/c1-5-7-8-14(6-2)10-20-11-15(9-19)16(22)13(4)21-17(23)12(3)18/h5-9,11-13,16,22H,2,10,19H2,1,3-4H3,(H,21,23)/b7-5-,14-8+,15-9+,20-11?. The van der Waals surface area contributed by atoms with Gasteiger partial charge in [0.15, 0.2) is 0 Å². The van der Waals surface area contributed by atoms with Gasteiger partial charge in [-0.3, -0.25) is 9.79 Å². The van der Waals surface area contributed by atoms with Gasteiger partial charge in [0.2, 0.25) is 5.91 Å². The van der Waals surface area contributed by atoms with E-state index in [1.165, 1.54) is 12.4 Å². The number of nitrogens with zero attached hydrogens (tertiary/aromatic N) is 1. The summed E-state index contributed by atoms with van der Waals surface area (Å²) in [5.74, 6) is -0.352. The normalized spacial score (nSPS) is 17.3. The number of aliphatic imine (C=N–C) groups is 1. The minimum atomic E-state index is -0.977. The highest BCUT2D eigenvalue weighted by molar-refractivity contribution is 6.30. The number of carbonyl (C=O) groups excluding carboxylic acids is 1. The van der Waals surface area contributed by atoms with Gasteiger partial charge in [0.1, 0.15) is 11.5 Å². The lowest BCUT2D eigenvalue weighted by atomic mass is 10.1. The number of halogens is 1. The summed E-state index contributed by atoms with van der Waals surface area (Å²) in [6, 6.07) is -0.539. The number of alkyl halides is 1. The number of allylic oxidation sites excluding steroid dienone is 3. The molecule has 0 heterocycles. The molecule has 0 fully saturated rings. The zero-order valence-electron chi connectivity index (χ0n) is 13.9. The first-order valence-corrected chi connectivity index (χ1v) is 7.79. The average Bonchev–Trinajstić information content (AvgIpc) is 2.53. The van der Waals surface area contributed by atoms with E-state index >= 15 is 0 Å². The summed E-state index contributed by atoms with van der Waals surface area (Å²) < 4.78 is 0. The molecule has 5 nitrogen and oxygen atoms in total. The van der Waals surface area contributed by atoms with Crippen molar-refractivity contribution in [2.24, 2.45) is 10.7 Å². The van der Waals surface area contributed by atoms with Gasteiger partial charge in [-0.05, 0) is 26.3 Å². The second-order valence-electron chi connectivity index (χ2n) is 4.97. The predicted molar refractivity (Wildman–Crippen MR) is 97.6 cm³/mol. The Hall–Kier alpha value is -1.85. The largest absolute Gasteiger partial charge is 0.404 e. The number of rotatable bonds is 9. The maximum atomic E-state index is 11.5. The van der Waals surface area contributed by atoms with E-state index in [0.717, 1.165) is 5.57 Å². The summed E-state index contributed by atoms with van der Waals surface area (Å²) in [6.07, 6.45) is 9.20. The van der Waals surface area contributed by atoms with Crippen molar-refractivity contribution in [3.05, 3.63) is 48.2 Å². The van der Waals surface area contributed by atoms with Gasteiger partial charge in [0.05, 0.1) is 12.6 Å². The Bertz CT molecular complexity index is 508. The molecule has 23 heavy (non-hydrogen) atoms. The molecule has 0 spiro atoms. The van der Waals surface area contributed by atoms with E-state index in [2.05, 4.69) is 16.9 Å².